The molecule has 0 aliphatic carbocycles. The Morgan fingerprint density at radius 3 is 2.57 bits per heavy atom. The fraction of sp³-hybridized carbons (Fsp3) is 0.667. The first-order valence-electron chi connectivity index (χ1n) is 7.98. The smallest absolute Gasteiger partial charge is 0.289 e. The number of carbonyl (C=O) groups is 1. The van der Waals surface area contributed by atoms with Crippen molar-refractivity contribution >= 4 is 15.9 Å². The zero-order valence-electron chi connectivity index (χ0n) is 13.5. The quantitative estimate of drug-likeness (QED) is 0.879. The number of hydrogen-bond donors (Lipinski definition) is 1. The molecule has 2 aliphatic heterocycles. The van der Waals surface area contributed by atoms with E-state index < -0.39 is 10.0 Å². The molecule has 0 spiro atoms. The number of sulfonamides is 1. The zero-order chi connectivity index (χ0) is 16.6. The third-order valence-corrected chi connectivity index (χ3v) is 6.19. The highest BCUT2D eigenvalue weighted by Crippen LogP contribution is 2.30. The molecule has 128 valence electrons. The molecule has 1 amide bonds. The summed E-state index contributed by atoms with van der Waals surface area (Å²) in [5, 5.41) is -0.225. The number of carbonyl (C=O) groups excluding carboxylic acids is 1. The molecule has 23 heavy (non-hydrogen) atoms. The van der Waals surface area contributed by atoms with Crippen LogP contribution in [0.3, 0.4) is 0 Å². The molecular weight excluding hydrogens is 318 g/mol. The summed E-state index contributed by atoms with van der Waals surface area (Å²) in [5.74, 6) is -0.128. The Bertz CT molecular complexity index is 685. The van der Waals surface area contributed by atoms with Crippen molar-refractivity contribution in [2.24, 2.45) is 0 Å². The number of likely N-dealkylation sites (N-methyl/N-ethyl adjacent to an activating group) is 1. The van der Waals surface area contributed by atoms with Crippen molar-refractivity contribution in [1.82, 2.24) is 14.5 Å². The van der Waals surface area contributed by atoms with Gasteiger partial charge in [0.2, 0.25) is 5.09 Å². The predicted molar refractivity (Wildman–Crippen MR) is 84.7 cm³/mol. The molecule has 2 saturated heterocycles. The number of nitrogens with zero attached hydrogens (tertiary/aromatic N) is 2. The van der Waals surface area contributed by atoms with Crippen LogP contribution in [0, 0.1) is 0 Å². The molecule has 2 aliphatic rings. The zero-order valence-corrected chi connectivity index (χ0v) is 14.3. The van der Waals surface area contributed by atoms with Gasteiger partial charge in [0.05, 0.1) is 0 Å². The van der Waals surface area contributed by atoms with Crippen molar-refractivity contribution in [2.75, 3.05) is 27.2 Å². The highest BCUT2D eigenvalue weighted by atomic mass is 32.2. The average molecular weight is 341 g/mol. The van der Waals surface area contributed by atoms with Gasteiger partial charge in [-0.1, -0.05) is 0 Å². The van der Waals surface area contributed by atoms with Gasteiger partial charge >= 0.3 is 0 Å². The molecule has 0 saturated carbocycles. The molecule has 1 aromatic rings. The van der Waals surface area contributed by atoms with Gasteiger partial charge in [0, 0.05) is 18.6 Å². The topological polar surface area (TPSA) is 82.9 Å². The van der Waals surface area contributed by atoms with Crippen LogP contribution in [0.15, 0.2) is 21.6 Å². The van der Waals surface area contributed by atoms with Crippen LogP contribution in [0.5, 0.6) is 0 Å². The van der Waals surface area contributed by atoms with E-state index >= 15 is 0 Å². The van der Waals surface area contributed by atoms with Crippen LogP contribution in [-0.2, 0) is 10.0 Å². The van der Waals surface area contributed by atoms with Gasteiger partial charge in [-0.3, -0.25) is 4.79 Å². The lowest BCUT2D eigenvalue weighted by atomic mass is 10.0. The van der Waals surface area contributed by atoms with Crippen LogP contribution >= 0.6 is 0 Å². The third-order valence-electron chi connectivity index (χ3n) is 4.91. The first kappa shape index (κ1) is 16.5. The van der Waals surface area contributed by atoms with Gasteiger partial charge in [0.25, 0.3) is 15.9 Å². The third kappa shape index (κ3) is 3.02. The summed E-state index contributed by atoms with van der Waals surface area (Å²) in [6, 6.07) is 3.34. The van der Waals surface area contributed by atoms with E-state index in [1.54, 1.807) is 0 Å². The van der Waals surface area contributed by atoms with E-state index in [1.165, 1.54) is 19.2 Å². The normalized spacial score (nSPS) is 26.1. The number of hydrogen-bond acceptors (Lipinski definition) is 5. The summed E-state index contributed by atoms with van der Waals surface area (Å²) < 4.78 is 31.0. The largest absolute Gasteiger partial charge is 0.438 e. The van der Waals surface area contributed by atoms with Crippen molar-refractivity contribution < 1.29 is 17.6 Å². The Hall–Kier alpha value is -1.38. The van der Waals surface area contributed by atoms with Gasteiger partial charge in [-0.2, -0.15) is 0 Å². The molecule has 2 atom stereocenters. The van der Waals surface area contributed by atoms with E-state index in [4.69, 9.17) is 4.42 Å². The molecule has 1 aromatic heterocycles. The van der Waals surface area contributed by atoms with Gasteiger partial charge in [0.1, 0.15) is 0 Å². The summed E-state index contributed by atoms with van der Waals surface area (Å²) in [6.45, 7) is 1.76. The second-order valence-corrected chi connectivity index (χ2v) is 8.04. The van der Waals surface area contributed by atoms with Crippen molar-refractivity contribution in [3.63, 3.8) is 0 Å². The van der Waals surface area contributed by atoms with Gasteiger partial charge in [0.15, 0.2) is 5.76 Å². The monoisotopic (exact) mass is 341 g/mol. The highest BCUT2D eigenvalue weighted by molar-refractivity contribution is 7.89. The van der Waals surface area contributed by atoms with Crippen molar-refractivity contribution in [3.05, 3.63) is 17.9 Å². The Balaban J connectivity index is 1.79. The fourth-order valence-electron chi connectivity index (χ4n) is 3.69. The molecule has 2 fully saturated rings. The summed E-state index contributed by atoms with van der Waals surface area (Å²) in [7, 11) is -0.256. The maximum absolute atomic E-state index is 12.7. The Labute approximate surface area is 136 Å². The molecule has 0 radical (unpaired) electrons. The minimum atomic E-state index is -3.67. The van der Waals surface area contributed by atoms with Gasteiger partial charge < -0.3 is 14.2 Å². The standard InChI is InChI=1S/C15H23N3O4S/c1-16-23(20,21)14-8-7-13(22-14)15(19)18-10-4-6-12(18)11-5-3-9-17(11)2/h7-8,11-12,16H,3-6,9-10H2,1-2H3/t11-,12-/m0/s1. The molecule has 1 N–H and O–H groups in total. The van der Waals surface area contributed by atoms with Crippen molar-refractivity contribution in [1.29, 1.82) is 0 Å². The summed E-state index contributed by atoms with van der Waals surface area (Å²) in [6.07, 6.45) is 4.22. The van der Waals surface area contributed by atoms with E-state index in [2.05, 4.69) is 16.7 Å². The summed E-state index contributed by atoms with van der Waals surface area (Å²) in [5.41, 5.74) is 0. The second-order valence-electron chi connectivity index (χ2n) is 6.22. The SMILES string of the molecule is CNS(=O)(=O)c1ccc(C(=O)N2CCC[C@H]2[C@@H]2CCCN2C)o1. The van der Waals surface area contributed by atoms with E-state index in [9.17, 15) is 13.2 Å². The molecule has 7 nitrogen and oxygen atoms in total. The number of rotatable bonds is 4. The van der Waals surface area contributed by atoms with E-state index in [0.29, 0.717) is 12.6 Å². The highest BCUT2D eigenvalue weighted by Gasteiger charge is 2.39. The molecule has 8 heteroatoms. The maximum Gasteiger partial charge on any atom is 0.289 e. The minimum absolute atomic E-state index is 0.0892. The second kappa shape index (κ2) is 6.26. The fourth-order valence-corrected chi connectivity index (χ4v) is 4.34. The first-order chi connectivity index (χ1) is 10.9. The molecule has 0 unspecified atom stereocenters. The van der Waals surface area contributed by atoms with E-state index in [-0.39, 0.29) is 22.8 Å². The number of furan rings is 1. The lowest BCUT2D eigenvalue weighted by Crippen LogP contribution is -2.47. The number of nitrogens with one attached hydrogen (secondary N) is 1. The maximum atomic E-state index is 12.7. The minimum Gasteiger partial charge on any atom is -0.438 e. The number of likely N-dealkylation sites (tertiary alicyclic amines) is 2. The lowest BCUT2D eigenvalue weighted by molar-refractivity contribution is 0.0627. The van der Waals surface area contributed by atoms with E-state index in [1.807, 2.05) is 4.90 Å². The lowest BCUT2D eigenvalue weighted by Gasteiger charge is -2.32. The Kier molecular flexibility index (Phi) is 4.48. The van der Waals surface area contributed by atoms with Gasteiger partial charge in [-0.25, -0.2) is 13.1 Å². The molecule has 0 bridgehead atoms. The van der Waals surface area contributed by atoms with Crippen LogP contribution < -0.4 is 4.72 Å². The molecule has 3 rings (SSSR count). The predicted octanol–water partition coefficient (Wildman–Crippen LogP) is 0.886. The Morgan fingerprint density at radius 1 is 1.22 bits per heavy atom. The van der Waals surface area contributed by atoms with Crippen LogP contribution in [-0.4, -0.2) is 63.4 Å². The Morgan fingerprint density at radius 2 is 1.91 bits per heavy atom. The molecule has 3 heterocycles. The van der Waals surface area contributed by atoms with Crippen LogP contribution in [0.25, 0.3) is 0 Å². The summed E-state index contributed by atoms with van der Waals surface area (Å²) in [4.78, 5) is 16.9. The van der Waals surface area contributed by atoms with Crippen molar-refractivity contribution in [2.45, 2.75) is 42.9 Å². The van der Waals surface area contributed by atoms with Crippen LogP contribution in [0.4, 0.5) is 0 Å². The van der Waals surface area contributed by atoms with Gasteiger partial charge in [-0.05, 0) is 58.5 Å². The number of amides is 1. The average Bonchev–Trinajstić information content (AvgIpc) is 3.26. The van der Waals surface area contributed by atoms with Crippen LogP contribution in [0.1, 0.15) is 36.2 Å². The van der Waals surface area contributed by atoms with Crippen molar-refractivity contribution in [3.8, 4) is 0 Å². The molecular formula is C15H23N3O4S. The molecule has 0 aromatic carbocycles. The van der Waals surface area contributed by atoms with Gasteiger partial charge in [-0.15, -0.1) is 0 Å². The van der Waals surface area contributed by atoms with E-state index in [0.717, 1.165) is 32.2 Å². The first-order valence-corrected chi connectivity index (χ1v) is 9.47. The van der Waals surface area contributed by atoms with Crippen LogP contribution in [0.2, 0.25) is 0 Å². The summed E-state index contributed by atoms with van der Waals surface area (Å²) >= 11 is 0.